The van der Waals surface area contributed by atoms with Crippen molar-refractivity contribution in [2.45, 2.75) is 39.8 Å². The standard InChI is InChI=1S/C14H22N2O3/c1-10(2)16(9-13(17)18-5)14-12(19-11(3)4)7-6-8-15-14/h6-8,10-11H,9H2,1-5H3. The number of hydrogen-bond donors (Lipinski definition) is 0. The molecule has 0 aliphatic carbocycles. The zero-order valence-electron chi connectivity index (χ0n) is 12.2. The maximum absolute atomic E-state index is 11.5. The molecule has 1 aromatic heterocycles. The predicted octanol–water partition coefficient (Wildman–Crippen LogP) is 2.26. The summed E-state index contributed by atoms with van der Waals surface area (Å²) in [5, 5.41) is 0. The molecule has 0 atom stereocenters. The van der Waals surface area contributed by atoms with Gasteiger partial charge in [-0.2, -0.15) is 0 Å². The van der Waals surface area contributed by atoms with Crippen molar-refractivity contribution in [1.29, 1.82) is 0 Å². The van der Waals surface area contributed by atoms with E-state index in [1.807, 2.05) is 44.7 Å². The van der Waals surface area contributed by atoms with Crippen LogP contribution in [0.2, 0.25) is 0 Å². The lowest BCUT2D eigenvalue weighted by Gasteiger charge is -2.28. The second-order valence-electron chi connectivity index (χ2n) is 4.79. The fourth-order valence-electron chi connectivity index (χ4n) is 1.65. The third-order valence-corrected chi connectivity index (χ3v) is 2.54. The smallest absolute Gasteiger partial charge is 0.325 e. The Morgan fingerprint density at radius 2 is 2.05 bits per heavy atom. The number of carbonyl (C=O) groups is 1. The molecule has 0 amide bonds. The molecular weight excluding hydrogens is 244 g/mol. The first-order valence-corrected chi connectivity index (χ1v) is 6.40. The van der Waals surface area contributed by atoms with Crippen LogP contribution in [0.25, 0.3) is 0 Å². The van der Waals surface area contributed by atoms with E-state index in [1.54, 1.807) is 6.20 Å². The van der Waals surface area contributed by atoms with Gasteiger partial charge in [-0.05, 0) is 39.8 Å². The SMILES string of the molecule is COC(=O)CN(c1ncccc1OC(C)C)C(C)C. The first-order valence-electron chi connectivity index (χ1n) is 6.40. The van der Waals surface area contributed by atoms with Crippen LogP contribution in [0, 0.1) is 0 Å². The lowest BCUT2D eigenvalue weighted by Crippen LogP contribution is -2.37. The lowest BCUT2D eigenvalue weighted by molar-refractivity contribution is -0.139. The highest BCUT2D eigenvalue weighted by molar-refractivity contribution is 5.76. The minimum Gasteiger partial charge on any atom is -0.487 e. The summed E-state index contributed by atoms with van der Waals surface area (Å²) in [5.41, 5.74) is 0. The van der Waals surface area contributed by atoms with E-state index >= 15 is 0 Å². The van der Waals surface area contributed by atoms with E-state index in [1.165, 1.54) is 7.11 Å². The van der Waals surface area contributed by atoms with Gasteiger partial charge in [0.05, 0.1) is 13.2 Å². The summed E-state index contributed by atoms with van der Waals surface area (Å²) in [4.78, 5) is 17.7. The average Bonchev–Trinajstić information content (AvgIpc) is 2.35. The van der Waals surface area contributed by atoms with Gasteiger partial charge in [-0.1, -0.05) is 0 Å². The molecule has 1 heterocycles. The van der Waals surface area contributed by atoms with E-state index in [4.69, 9.17) is 9.47 Å². The maximum atomic E-state index is 11.5. The fourth-order valence-corrected chi connectivity index (χ4v) is 1.65. The average molecular weight is 266 g/mol. The zero-order valence-corrected chi connectivity index (χ0v) is 12.2. The highest BCUT2D eigenvalue weighted by atomic mass is 16.5. The minimum atomic E-state index is -0.296. The predicted molar refractivity (Wildman–Crippen MR) is 74.5 cm³/mol. The lowest BCUT2D eigenvalue weighted by atomic mass is 10.3. The number of anilines is 1. The van der Waals surface area contributed by atoms with Crippen LogP contribution >= 0.6 is 0 Å². The number of methoxy groups -OCH3 is 1. The normalized spacial score (nSPS) is 10.7. The second-order valence-corrected chi connectivity index (χ2v) is 4.79. The molecule has 0 N–H and O–H groups in total. The fraction of sp³-hybridized carbons (Fsp3) is 0.571. The molecule has 0 bridgehead atoms. The number of nitrogens with zero attached hydrogens (tertiary/aromatic N) is 2. The molecule has 5 nitrogen and oxygen atoms in total. The van der Waals surface area contributed by atoms with Crippen LogP contribution in [-0.2, 0) is 9.53 Å². The number of pyridine rings is 1. The third kappa shape index (κ3) is 4.43. The van der Waals surface area contributed by atoms with Gasteiger partial charge < -0.3 is 14.4 Å². The summed E-state index contributed by atoms with van der Waals surface area (Å²) < 4.78 is 10.5. The Morgan fingerprint density at radius 3 is 2.58 bits per heavy atom. The van der Waals surface area contributed by atoms with Crippen LogP contribution in [0.3, 0.4) is 0 Å². The Hall–Kier alpha value is -1.78. The Morgan fingerprint density at radius 1 is 1.37 bits per heavy atom. The molecule has 5 heteroatoms. The Labute approximate surface area is 114 Å². The van der Waals surface area contributed by atoms with Crippen molar-refractivity contribution in [3.8, 4) is 5.75 Å². The monoisotopic (exact) mass is 266 g/mol. The minimum absolute atomic E-state index is 0.0510. The van der Waals surface area contributed by atoms with Gasteiger partial charge in [0.15, 0.2) is 11.6 Å². The van der Waals surface area contributed by atoms with Crippen LogP contribution in [0.4, 0.5) is 5.82 Å². The number of rotatable bonds is 6. The van der Waals surface area contributed by atoms with Crippen LogP contribution < -0.4 is 9.64 Å². The van der Waals surface area contributed by atoms with Crippen molar-refractivity contribution in [1.82, 2.24) is 4.98 Å². The third-order valence-electron chi connectivity index (χ3n) is 2.54. The quantitative estimate of drug-likeness (QED) is 0.739. The summed E-state index contributed by atoms with van der Waals surface area (Å²) in [6.45, 7) is 8.06. The van der Waals surface area contributed by atoms with Crippen LogP contribution in [-0.4, -0.2) is 36.8 Å². The van der Waals surface area contributed by atoms with Crippen molar-refractivity contribution >= 4 is 11.8 Å². The number of aromatic nitrogens is 1. The van der Waals surface area contributed by atoms with Gasteiger partial charge in [0.25, 0.3) is 0 Å². The van der Waals surface area contributed by atoms with E-state index in [9.17, 15) is 4.79 Å². The summed E-state index contributed by atoms with van der Waals surface area (Å²) in [6.07, 6.45) is 1.74. The highest BCUT2D eigenvalue weighted by Gasteiger charge is 2.20. The van der Waals surface area contributed by atoms with Gasteiger partial charge in [0.1, 0.15) is 6.54 Å². The second kappa shape index (κ2) is 6.97. The van der Waals surface area contributed by atoms with Crippen molar-refractivity contribution in [2.24, 2.45) is 0 Å². The van der Waals surface area contributed by atoms with Crippen molar-refractivity contribution in [3.05, 3.63) is 18.3 Å². The van der Waals surface area contributed by atoms with Gasteiger partial charge in [-0.3, -0.25) is 4.79 Å². The molecule has 0 radical (unpaired) electrons. The molecule has 0 saturated heterocycles. The number of esters is 1. The largest absolute Gasteiger partial charge is 0.487 e. The van der Waals surface area contributed by atoms with Crippen LogP contribution in [0.1, 0.15) is 27.7 Å². The molecule has 0 unspecified atom stereocenters. The molecule has 1 aromatic rings. The topological polar surface area (TPSA) is 51.7 Å². The van der Waals surface area contributed by atoms with Crippen molar-refractivity contribution < 1.29 is 14.3 Å². The molecule has 0 aliphatic heterocycles. The van der Waals surface area contributed by atoms with Gasteiger partial charge in [-0.25, -0.2) is 4.98 Å². The van der Waals surface area contributed by atoms with E-state index in [0.29, 0.717) is 11.6 Å². The first-order chi connectivity index (χ1) is 8.95. The Balaban J connectivity index is 3.04. The van der Waals surface area contributed by atoms with Crippen LogP contribution in [0.5, 0.6) is 5.75 Å². The van der Waals surface area contributed by atoms with Crippen molar-refractivity contribution in [3.63, 3.8) is 0 Å². The summed E-state index contributed by atoms with van der Waals surface area (Å²) >= 11 is 0. The number of carbonyl (C=O) groups excluding carboxylic acids is 1. The molecule has 106 valence electrons. The van der Waals surface area contributed by atoms with Gasteiger partial charge >= 0.3 is 5.97 Å². The first kappa shape index (κ1) is 15.3. The Kier molecular flexibility index (Phi) is 5.60. The molecule has 1 rings (SSSR count). The molecule has 0 saturated carbocycles. The maximum Gasteiger partial charge on any atom is 0.325 e. The van der Waals surface area contributed by atoms with Crippen molar-refractivity contribution in [2.75, 3.05) is 18.6 Å². The molecule has 19 heavy (non-hydrogen) atoms. The number of ether oxygens (including phenoxy) is 2. The molecule has 0 aromatic carbocycles. The summed E-state index contributed by atoms with van der Waals surface area (Å²) in [7, 11) is 1.38. The summed E-state index contributed by atoms with van der Waals surface area (Å²) in [6, 6.07) is 3.79. The van der Waals surface area contributed by atoms with E-state index in [0.717, 1.165) is 0 Å². The number of hydrogen-bond acceptors (Lipinski definition) is 5. The van der Waals surface area contributed by atoms with Gasteiger partial charge in [-0.15, -0.1) is 0 Å². The molecule has 0 fully saturated rings. The molecule has 0 aliphatic rings. The van der Waals surface area contributed by atoms with E-state index in [2.05, 4.69) is 4.98 Å². The van der Waals surface area contributed by atoms with Gasteiger partial charge in [0.2, 0.25) is 0 Å². The zero-order chi connectivity index (χ0) is 14.4. The van der Waals surface area contributed by atoms with Gasteiger partial charge in [0, 0.05) is 12.2 Å². The molecular formula is C14H22N2O3. The Bertz CT molecular complexity index is 419. The van der Waals surface area contributed by atoms with Crippen LogP contribution in [0.15, 0.2) is 18.3 Å². The van der Waals surface area contributed by atoms with E-state index < -0.39 is 0 Å². The van der Waals surface area contributed by atoms with E-state index in [-0.39, 0.29) is 24.7 Å². The molecule has 0 spiro atoms. The highest BCUT2D eigenvalue weighted by Crippen LogP contribution is 2.27. The summed E-state index contributed by atoms with van der Waals surface area (Å²) in [5.74, 6) is 1.04.